The van der Waals surface area contributed by atoms with Crippen LogP contribution < -0.4 is 4.90 Å². The van der Waals surface area contributed by atoms with Gasteiger partial charge >= 0.3 is 0 Å². The van der Waals surface area contributed by atoms with Crippen LogP contribution in [0, 0.1) is 0 Å². The van der Waals surface area contributed by atoms with Crippen LogP contribution in [0.5, 0.6) is 0 Å². The lowest BCUT2D eigenvalue weighted by atomic mass is 9.90. The van der Waals surface area contributed by atoms with Crippen LogP contribution >= 0.6 is 0 Å². The lowest BCUT2D eigenvalue weighted by molar-refractivity contribution is 0.673. The summed E-state index contributed by atoms with van der Waals surface area (Å²) in [4.78, 5) is 2.33. The monoisotopic (exact) mass is 663 g/mol. The maximum Gasteiger partial charge on any atom is 0.143 e. The first-order chi connectivity index (χ1) is 25.8. The van der Waals surface area contributed by atoms with E-state index in [1.165, 1.54) is 38.6 Å². The molecule has 0 spiro atoms. The van der Waals surface area contributed by atoms with E-state index in [1.54, 1.807) is 0 Å². The highest BCUT2D eigenvalue weighted by Gasteiger charge is 2.21. The molecular weight excluding hydrogens is 631 g/mol. The summed E-state index contributed by atoms with van der Waals surface area (Å²) in [5, 5.41) is 6.97. The summed E-state index contributed by atoms with van der Waals surface area (Å²) >= 11 is 0. The van der Waals surface area contributed by atoms with Gasteiger partial charge in [0.15, 0.2) is 0 Å². The van der Waals surface area contributed by atoms with E-state index in [1.807, 2.05) is 0 Å². The fourth-order valence-corrected chi connectivity index (χ4v) is 7.74. The topological polar surface area (TPSA) is 16.4 Å². The Morgan fingerprint density at radius 2 is 0.942 bits per heavy atom. The molecule has 0 unspecified atom stereocenters. The van der Waals surface area contributed by atoms with Crippen molar-refractivity contribution in [2.24, 2.45) is 0 Å². The Bertz CT molecular complexity index is 2890. The van der Waals surface area contributed by atoms with Crippen molar-refractivity contribution < 1.29 is 4.42 Å². The molecule has 1 heterocycles. The number of benzene rings is 9. The quantitative estimate of drug-likeness (QED) is 0.176. The fraction of sp³-hybridized carbons (Fsp3) is 0. The summed E-state index contributed by atoms with van der Waals surface area (Å²) in [5.41, 5.74) is 12.1. The molecule has 0 aliphatic carbocycles. The van der Waals surface area contributed by atoms with E-state index < -0.39 is 0 Å². The molecule has 0 amide bonds. The van der Waals surface area contributed by atoms with Crippen molar-refractivity contribution in [2.75, 3.05) is 4.90 Å². The Morgan fingerprint density at radius 1 is 0.327 bits per heavy atom. The molecule has 2 heteroatoms. The lowest BCUT2D eigenvalue weighted by Gasteiger charge is -2.25. The van der Waals surface area contributed by atoms with Gasteiger partial charge in [-0.3, -0.25) is 0 Å². The van der Waals surface area contributed by atoms with E-state index >= 15 is 0 Å². The maximum absolute atomic E-state index is 6.80. The molecule has 244 valence electrons. The van der Waals surface area contributed by atoms with Crippen molar-refractivity contribution in [3.8, 4) is 33.4 Å². The molecule has 0 N–H and O–H groups in total. The molecule has 0 bridgehead atoms. The number of anilines is 3. The Balaban J connectivity index is 1.17. The van der Waals surface area contributed by atoms with E-state index in [0.29, 0.717) is 0 Å². The second kappa shape index (κ2) is 12.5. The van der Waals surface area contributed by atoms with E-state index in [9.17, 15) is 0 Å². The number of para-hydroxylation sites is 1. The Morgan fingerprint density at radius 3 is 1.75 bits per heavy atom. The number of hydrogen-bond donors (Lipinski definition) is 0. The van der Waals surface area contributed by atoms with Crippen LogP contribution in [0.1, 0.15) is 0 Å². The van der Waals surface area contributed by atoms with E-state index in [0.717, 1.165) is 55.3 Å². The number of hydrogen-bond acceptors (Lipinski definition) is 2. The third-order valence-corrected chi connectivity index (χ3v) is 10.2. The zero-order chi connectivity index (χ0) is 34.4. The maximum atomic E-state index is 6.80. The van der Waals surface area contributed by atoms with Gasteiger partial charge in [0.2, 0.25) is 0 Å². The van der Waals surface area contributed by atoms with Gasteiger partial charge in [0, 0.05) is 33.2 Å². The minimum absolute atomic E-state index is 0.869. The summed E-state index contributed by atoms with van der Waals surface area (Å²) in [6.45, 7) is 0. The van der Waals surface area contributed by atoms with Gasteiger partial charge in [-0.05, 0) is 104 Å². The number of nitrogens with zero attached hydrogens (tertiary/aromatic N) is 1. The van der Waals surface area contributed by atoms with E-state index in [4.69, 9.17) is 4.42 Å². The van der Waals surface area contributed by atoms with Gasteiger partial charge < -0.3 is 9.32 Å². The normalized spacial score (nSPS) is 11.5. The summed E-state index contributed by atoms with van der Waals surface area (Å²) in [6.07, 6.45) is 0. The molecule has 52 heavy (non-hydrogen) atoms. The molecule has 2 nitrogen and oxygen atoms in total. The third kappa shape index (κ3) is 5.12. The molecule has 9 aromatic carbocycles. The first kappa shape index (κ1) is 30.0. The van der Waals surface area contributed by atoms with Crippen LogP contribution in [-0.4, -0.2) is 0 Å². The molecule has 0 aliphatic heterocycles. The zero-order valence-corrected chi connectivity index (χ0v) is 28.4. The first-order valence-corrected chi connectivity index (χ1v) is 17.8. The fourth-order valence-electron chi connectivity index (χ4n) is 7.74. The molecule has 0 aliphatic rings. The van der Waals surface area contributed by atoms with Crippen LogP contribution in [0.3, 0.4) is 0 Å². The highest BCUT2D eigenvalue weighted by Crippen LogP contribution is 2.46. The van der Waals surface area contributed by atoms with Crippen LogP contribution in [0.15, 0.2) is 205 Å². The largest absolute Gasteiger partial charge is 0.455 e. The van der Waals surface area contributed by atoms with Crippen molar-refractivity contribution >= 4 is 60.5 Å². The average molecular weight is 664 g/mol. The van der Waals surface area contributed by atoms with Gasteiger partial charge in [-0.25, -0.2) is 0 Å². The zero-order valence-electron chi connectivity index (χ0n) is 28.4. The molecule has 10 aromatic rings. The highest BCUT2D eigenvalue weighted by molar-refractivity contribution is 6.22. The second-order valence-corrected chi connectivity index (χ2v) is 13.3. The van der Waals surface area contributed by atoms with E-state index in [-0.39, 0.29) is 0 Å². The van der Waals surface area contributed by atoms with Gasteiger partial charge in [-0.1, -0.05) is 146 Å². The molecule has 1 aromatic heterocycles. The third-order valence-electron chi connectivity index (χ3n) is 10.2. The Kier molecular flexibility index (Phi) is 7.18. The Labute approximate surface area is 302 Å². The van der Waals surface area contributed by atoms with Gasteiger partial charge in [-0.2, -0.15) is 0 Å². The number of furan rings is 1. The molecule has 0 fully saturated rings. The van der Waals surface area contributed by atoms with Crippen molar-refractivity contribution in [2.45, 2.75) is 0 Å². The first-order valence-electron chi connectivity index (χ1n) is 17.8. The molecule has 10 rings (SSSR count). The Hall–Kier alpha value is -6.90. The van der Waals surface area contributed by atoms with Crippen LogP contribution in [-0.2, 0) is 0 Å². The van der Waals surface area contributed by atoms with Crippen molar-refractivity contribution in [1.29, 1.82) is 0 Å². The minimum atomic E-state index is 0.869. The predicted molar refractivity (Wildman–Crippen MR) is 220 cm³/mol. The van der Waals surface area contributed by atoms with E-state index in [2.05, 4.69) is 205 Å². The lowest BCUT2D eigenvalue weighted by Crippen LogP contribution is -2.09. The van der Waals surface area contributed by atoms with Gasteiger partial charge in [0.25, 0.3) is 0 Å². The SMILES string of the molecule is c1ccc(-c2ccccc2-c2cc3ccccc3c3oc4ccc(N(c5ccccc5)c5ccc(-c6ccc7ccccc7c6)cc5)cc4c23)cc1. The molecule has 0 radical (unpaired) electrons. The minimum Gasteiger partial charge on any atom is -0.455 e. The highest BCUT2D eigenvalue weighted by atomic mass is 16.3. The van der Waals surface area contributed by atoms with Crippen molar-refractivity contribution in [1.82, 2.24) is 0 Å². The summed E-state index contributed by atoms with van der Waals surface area (Å²) < 4.78 is 6.80. The van der Waals surface area contributed by atoms with Crippen molar-refractivity contribution in [3.05, 3.63) is 200 Å². The summed E-state index contributed by atoms with van der Waals surface area (Å²) in [7, 11) is 0. The predicted octanol–water partition coefficient (Wildman–Crippen LogP) is 14.4. The molecule has 0 atom stereocenters. The van der Waals surface area contributed by atoms with Gasteiger partial charge in [0.1, 0.15) is 11.2 Å². The van der Waals surface area contributed by atoms with Gasteiger partial charge in [0.05, 0.1) is 0 Å². The summed E-state index contributed by atoms with van der Waals surface area (Å²) in [6, 6.07) is 71.6. The van der Waals surface area contributed by atoms with Gasteiger partial charge in [-0.15, -0.1) is 0 Å². The average Bonchev–Trinajstić information content (AvgIpc) is 3.61. The van der Waals surface area contributed by atoms with Crippen LogP contribution in [0.2, 0.25) is 0 Å². The van der Waals surface area contributed by atoms with Crippen LogP contribution in [0.25, 0.3) is 76.9 Å². The smallest absolute Gasteiger partial charge is 0.143 e. The molecule has 0 saturated carbocycles. The number of rotatable bonds is 6. The number of fused-ring (bicyclic) bond motifs is 6. The molecular formula is C50H33NO. The van der Waals surface area contributed by atoms with Crippen LogP contribution in [0.4, 0.5) is 17.1 Å². The van der Waals surface area contributed by atoms with Crippen molar-refractivity contribution in [3.63, 3.8) is 0 Å². The molecule has 0 saturated heterocycles. The standard InChI is InChI=1S/C50H33NO/c1-3-14-36(15-4-1)43-20-11-12-22-45(43)46-32-39-17-9-10-21-44(39)50-49(46)47-33-42(29-30-48(47)52-50)51(40-18-5-2-6-19-40)41-27-25-35(26-28-41)38-24-23-34-13-7-8-16-37(34)31-38/h1-33H. The summed E-state index contributed by atoms with van der Waals surface area (Å²) in [5.74, 6) is 0. The second-order valence-electron chi connectivity index (χ2n) is 13.3.